The van der Waals surface area contributed by atoms with Crippen molar-refractivity contribution in [2.24, 2.45) is 0 Å². The Hall–Kier alpha value is -5.49. The molecular formula is C39H29F3N2O. The number of aryl methyl sites for hydroxylation is 1. The standard InChI is InChI=1S/C39H29F3N2O/c1-26-8-10-27(11-9-26)28-12-16-32(17-13-28)44(31-6-4-3-5-7-31)34-21-23-36-35-22-20-33(24-37(35)45-38(36)25-34)43(2)30-18-14-29(15-19-30)39(40,41)42/h3-25H,1-2H3. The number of hydrogen-bond acceptors (Lipinski definition) is 3. The van der Waals surface area contributed by atoms with Gasteiger partial charge in [-0.2, -0.15) is 13.2 Å². The monoisotopic (exact) mass is 598 g/mol. The highest BCUT2D eigenvalue weighted by molar-refractivity contribution is 6.07. The maximum Gasteiger partial charge on any atom is 0.416 e. The van der Waals surface area contributed by atoms with Gasteiger partial charge in [-0.25, -0.2) is 0 Å². The molecular weight excluding hydrogens is 569 g/mol. The molecule has 0 amide bonds. The fraction of sp³-hybridized carbons (Fsp3) is 0.0769. The zero-order valence-electron chi connectivity index (χ0n) is 24.7. The molecule has 1 heterocycles. The van der Waals surface area contributed by atoms with E-state index in [1.165, 1.54) is 23.3 Å². The summed E-state index contributed by atoms with van der Waals surface area (Å²) >= 11 is 0. The maximum absolute atomic E-state index is 13.1. The quantitative estimate of drug-likeness (QED) is 0.190. The van der Waals surface area contributed by atoms with Crippen molar-refractivity contribution in [3.05, 3.63) is 151 Å². The van der Waals surface area contributed by atoms with Crippen LogP contribution >= 0.6 is 0 Å². The van der Waals surface area contributed by atoms with Gasteiger partial charge in [-0.15, -0.1) is 0 Å². The Balaban J connectivity index is 1.24. The maximum atomic E-state index is 13.1. The molecule has 0 N–H and O–H groups in total. The van der Waals surface area contributed by atoms with Gasteiger partial charge in [-0.3, -0.25) is 0 Å². The summed E-state index contributed by atoms with van der Waals surface area (Å²) < 4.78 is 45.5. The van der Waals surface area contributed by atoms with E-state index in [9.17, 15) is 13.2 Å². The smallest absolute Gasteiger partial charge is 0.416 e. The van der Waals surface area contributed by atoms with Crippen molar-refractivity contribution in [2.45, 2.75) is 13.1 Å². The molecule has 7 rings (SSSR count). The van der Waals surface area contributed by atoms with Gasteiger partial charge >= 0.3 is 6.18 Å². The Morgan fingerprint density at radius 1 is 0.511 bits per heavy atom. The van der Waals surface area contributed by atoms with E-state index in [1.807, 2.05) is 48.3 Å². The van der Waals surface area contributed by atoms with Crippen molar-refractivity contribution < 1.29 is 17.6 Å². The molecule has 0 saturated carbocycles. The largest absolute Gasteiger partial charge is 0.456 e. The number of benzene rings is 6. The van der Waals surface area contributed by atoms with E-state index in [1.54, 1.807) is 0 Å². The SMILES string of the molecule is Cc1ccc(-c2ccc(N(c3ccccc3)c3ccc4c(c3)oc3cc(N(C)c5ccc(C(F)(F)F)cc5)ccc34)cc2)cc1. The summed E-state index contributed by atoms with van der Waals surface area (Å²) in [5.41, 5.74) is 8.78. The highest BCUT2D eigenvalue weighted by atomic mass is 19.4. The van der Waals surface area contributed by atoms with Gasteiger partial charge in [0, 0.05) is 58.4 Å². The summed E-state index contributed by atoms with van der Waals surface area (Å²) in [7, 11) is 1.83. The van der Waals surface area contributed by atoms with Crippen molar-refractivity contribution in [3.8, 4) is 11.1 Å². The number of anilines is 5. The fourth-order valence-electron chi connectivity index (χ4n) is 5.70. The average Bonchev–Trinajstić information content (AvgIpc) is 3.42. The van der Waals surface area contributed by atoms with Crippen LogP contribution in [0.5, 0.6) is 0 Å². The molecule has 0 saturated heterocycles. The van der Waals surface area contributed by atoms with Gasteiger partial charge in [0.15, 0.2) is 0 Å². The molecule has 7 aromatic rings. The number of alkyl halides is 3. The van der Waals surface area contributed by atoms with Crippen molar-refractivity contribution in [2.75, 3.05) is 16.8 Å². The highest BCUT2D eigenvalue weighted by Gasteiger charge is 2.30. The van der Waals surface area contributed by atoms with Crippen LogP contribution in [0.4, 0.5) is 41.6 Å². The lowest BCUT2D eigenvalue weighted by Gasteiger charge is -2.25. The first-order valence-corrected chi connectivity index (χ1v) is 14.6. The lowest BCUT2D eigenvalue weighted by molar-refractivity contribution is -0.137. The van der Waals surface area contributed by atoms with Gasteiger partial charge in [0.1, 0.15) is 11.2 Å². The summed E-state index contributed by atoms with van der Waals surface area (Å²) in [6.45, 7) is 2.09. The predicted octanol–water partition coefficient (Wildman–Crippen LogP) is 11.8. The van der Waals surface area contributed by atoms with E-state index in [-0.39, 0.29) is 0 Å². The number of fused-ring (bicyclic) bond motifs is 3. The van der Waals surface area contributed by atoms with Gasteiger partial charge in [-0.1, -0.05) is 60.2 Å². The zero-order chi connectivity index (χ0) is 31.1. The summed E-state index contributed by atoms with van der Waals surface area (Å²) in [5.74, 6) is 0. The first kappa shape index (κ1) is 28.3. The summed E-state index contributed by atoms with van der Waals surface area (Å²) in [6.07, 6.45) is -4.37. The third-order valence-electron chi connectivity index (χ3n) is 8.19. The Morgan fingerprint density at radius 2 is 1.00 bits per heavy atom. The molecule has 0 atom stereocenters. The van der Waals surface area contributed by atoms with Crippen LogP contribution in [0.1, 0.15) is 11.1 Å². The van der Waals surface area contributed by atoms with E-state index in [0.717, 1.165) is 56.8 Å². The Morgan fingerprint density at radius 3 is 1.60 bits per heavy atom. The fourth-order valence-corrected chi connectivity index (χ4v) is 5.70. The molecule has 0 fully saturated rings. The van der Waals surface area contributed by atoms with Gasteiger partial charge in [0.2, 0.25) is 0 Å². The molecule has 0 bridgehead atoms. The molecule has 0 aliphatic rings. The second-order valence-corrected chi connectivity index (χ2v) is 11.2. The third-order valence-corrected chi connectivity index (χ3v) is 8.19. The summed E-state index contributed by atoms with van der Waals surface area (Å²) in [6, 6.07) is 44.5. The topological polar surface area (TPSA) is 19.6 Å². The normalized spacial score (nSPS) is 11.7. The Bertz CT molecular complexity index is 2100. The van der Waals surface area contributed by atoms with E-state index in [2.05, 4.69) is 90.7 Å². The summed E-state index contributed by atoms with van der Waals surface area (Å²) in [4.78, 5) is 4.05. The lowest BCUT2D eigenvalue weighted by atomic mass is 10.0. The molecule has 0 radical (unpaired) electrons. The number of halogens is 3. The summed E-state index contributed by atoms with van der Waals surface area (Å²) in [5, 5.41) is 1.95. The minimum atomic E-state index is -4.37. The van der Waals surface area contributed by atoms with Crippen LogP contribution in [0.2, 0.25) is 0 Å². The molecule has 222 valence electrons. The Kier molecular flexibility index (Phi) is 7.05. The van der Waals surface area contributed by atoms with E-state index in [0.29, 0.717) is 11.3 Å². The molecule has 6 heteroatoms. The van der Waals surface area contributed by atoms with Gasteiger partial charge in [-0.05, 0) is 90.8 Å². The second-order valence-electron chi connectivity index (χ2n) is 11.2. The van der Waals surface area contributed by atoms with E-state index >= 15 is 0 Å². The van der Waals surface area contributed by atoms with Crippen LogP contribution in [-0.2, 0) is 6.18 Å². The van der Waals surface area contributed by atoms with Gasteiger partial charge in [0.05, 0.1) is 5.56 Å². The van der Waals surface area contributed by atoms with Crippen molar-refractivity contribution in [1.29, 1.82) is 0 Å². The molecule has 0 aliphatic carbocycles. The number of furan rings is 1. The van der Waals surface area contributed by atoms with Crippen LogP contribution in [0.25, 0.3) is 33.1 Å². The van der Waals surface area contributed by atoms with Crippen LogP contribution in [-0.4, -0.2) is 7.05 Å². The molecule has 0 spiro atoms. The first-order valence-electron chi connectivity index (χ1n) is 14.6. The Labute approximate surface area is 259 Å². The highest BCUT2D eigenvalue weighted by Crippen LogP contribution is 2.40. The number of hydrogen-bond donors (Lipinski definition) is 0. The van der Waals surface area contributed by atoms with Gasteiger partial charge < -0.3 is 14.2 Å². The van der Waals surface area contributed by atoms with Crippen molar-refractivity contribution >= 4 is 50.4 Å². The van der Waals surface area contributed by atoms with Crippen LogP contribution in [0.15, 0.2) is 144 Å². The third kappa shape index (κ3) is 5.51. The van der Waals surface area contributed by atoms with Crippen LogP contribution in [0.3, 0.4) is 0 Å². The molecule has 6 aromatic carbocycles. The second kappa shape index (κ2) is 11.2. The minimum absolute atomic E-state index is 0.646. The molecule has 3 nitrogen and oxygen atoms in total. The molecule has 0 aliphatic heterocycles. The van der Waals surface area contributed by atoms with Crippen molar-refractivity contribution in [1.82, 2.24) is 0 Å². The zero-order valence-corrected chi connectivity index (χ0v) is 24.7. The number of rotatable bonds is 6. The predicted molar refractivity (Wildman–Crippen MR) is 178 cm³/mol. The van der Waals surface area contributed by atoms with E-state index < -0.39 is 11.7 Å². The average molecular weight is 599 g/mol. The molecule has 45 heavy (non-hydrogen) atoms. The first-order chi connectivity index (χ1) is 21.7. The number of para-hydroxylation sites is 1. The van der Waals surface area contributed by atoms with Crippen molar-refractivity contribution in [3.63, 3.8) is 0 Å². The molecule has 1 aromatic heterocycles. The van der Waals surface area contributed by atoms with Crippen LogP contribution in [0, 0.1) is 6.92 Å². The molecule has 0 unspecified atom stereocenters. The lowest BCUT2D eigenvalue weighted by Crippen LogP contribution is -2.10. The van der Waals surface area contributed by atoms with E-state index in [4.69, 9.17) is 4.42 Å². The number of nitrogens with zero attached hydrogens (tertiary/aromatic N) is 2. The van der Waals surface area contributed by atoms with Gasteiger partial charge in [0.25, 0.3) is 0 Å². The van der Waals surface area contributed by atoms with Crippen LogP contribution < -0.4 is 9.80 Å². The minimum Gasteiger partial charge on any atom is -0.456 e.